The van der Waals surface area contributed by atoms with Gasteiger partial charge in [0.25, 0.3) is 0 Å². The molecule has 20 heavy (non-hydrogen) atoms. The van der Waals surface area contributed by atoms with Crippen LogP contribution in [0.3, 0.4) is 0 Å². The third-order valence-corrected chi connectivity index (χ3v) is 3.09. The van der Waals surface area contributed by atoms with E-state index in [1.54, 1.807) is 27.7 Å². The standard InChI is InChI=1S/C14H25NO5/c1-5-19-12(17)10-6-8-15(9-7-11(10)16)13(18)20-14(2,3)4/h10,12,17H,5-9H2,1-4H3. The fraction of sp³-hybridized carbons (Fsp3) is 0.857. The van der Waals surface area contributed by atoms with Crippen molar-refractivity contribution in [1.29, 1.82) is 0 Å². The lowest BCUT2D eigenvalue weighted by atomic mass is 9.99. The maximum Gasteiger partial charge on any atom is 0.410 e. The van der Waals surface area contributed by atoms with Crippen LogP contribution in [-0.2, 0) is 14.3 Å². The maximum absolute atomic E-state index is 12.0. The zero-order chi connectivity index (χ0) is 15.3. The lowest BCUT2D eigenvalue weighted by Crippen LogP contribution is -2.37. The van der Waals surface area contributed by atoms with Crippen LogP contribution in [0.1, 0.15) is 40.5 Å². The zero-order valence-corrected chi connectivity index (χ0v) is 12.7. The number of aliphatic hydroxyl groups excluding tert-OH is 1. The van der Waals surface area contributed by atoms with Crippen LogP contribution in [-0.4, -0.2) is 53.5 Å². The lowest BCUT2D eigenvalue weighted by molar-refractivity contribution is -0.153. The highest BCUT2D eigenvalue weighted by molar-refractivity contribution is 5.82. The van der Waals surface area contributed by atoms with Crippen LogP contribution >= 0.6 is 0 Å². The van der Waals surface area contributed by atoms with E-state index in [0.717, 1.165) is 0 Å². The minimum atomic E-state index is -1.09. The molecule has 1 saturated heterocycles. The van der Waals surface area contributed by atoms with Crippen LogP contribution in [0.4, 0.5) is 4.79 Å². The van der Waals surface area contributed by atoms with Crippen molar-refractivity contribution in [2.75, 3.05) is 19.7 Å². The Labute approximate surface area is 120 Å². The molecule has 0 spiro atoms. The Balaban J connectivity index is 2.62. The molecule has 1 aliphatic heterocycles. The molecule has 1 rings (SSSR count). The van der Waals surface area contributed by atoms with Crippen LogP contribution in [0.25, 0.3) is 0 Å². The maximum atomic E-state index is 12.0. The minimum absolute atomic E-state index is 0.0722. The van der Waals surface area contributed by atoms with Crippen molar-refractivity contribution >= 4 is 11.9 Å². The van der Waals surface area contributed by atoms with Crippen molar-refractivity contribution in [1.82, 2.24) is 4.90 Å². The van der Waals surface area contributed by atoms with Crippen molar-refractivity contribution < 1.29 is 24.2 Å². The summed E-state index contributed by atoms with van der Waals surface area (Å²) in [6.07, 6.45) is -0.907. The number of rotatable bonds is 3. The van der Waals surface area contributed by atoms with E-state index in [4.69, 9.17) is 9.47 Å². The second-order valence-corrected chi connectivity index (χ2v) is 5.92. The summed E-state index contributed by atoms with van der Waals surface area (Å²) in [5, 5.41) is 9.80. The number of hydrogen-bond donors (Lipinski definition) is 1. The third-order valence-electron chi connectivity index (χ3n) is 3.09. The monoisotopic (exact) mass is 287 g/mol. The summed E-state index contributed by atoms with van der Waals surface area (Å²) in [5.41, 5.74) is -0.558. The van der Waals surface area contributed by atoms with Gasteiger partial charge >= 0.3 is 6.09 Å². The van der Waals surface area contributed by atoms with Crippen molar-refractivity contribution in [3.8, 4) is 0 Å². The van der Waals surface area contributed by atoms with Crippen LogP contribution in [0, 0.1) is 5.92 Å². The van der Waals surface area contributed by atoms with Gasteiger partial charge in [-0.15, -0.1) is 0 Å². The molecule has 0 aromatic heterocycles. The second kappa shape index (κ2) is 7.04. The molecule has 1 fully saturated rings. The number of ether oxygens (including phenoxy) is 2. The van der Waals surface area contributed by atoms with Crippen LogP contribution in [0.15, 0.2) is 0 Å². The predicted octanol–water partition coefficient (Wildman–Crippen LogP) is 1.56. The number of amides is 1. The molecule has 1 heterocycles. The highest BCUT2D eigenvalue weighted by atomic mass is 16.6. The van der Waals surface area contributed by atoms with E-state index < -0.39 is 23.9 Å². The van der Waals surface area contributed by atoms with Crippen LogP contribution in [0.5, 0.6) is 0 Å². The average Bonchev–Trinajstić information content (AvgIpc) is 2.49. The van der Waals surface area contributed by atoms with Crippen molar-refractivity contribution in [2.45, 2.75) is 52.4 Å². The van der Waals surface area contributed by atoms with Gasteiger partial charge < -0.3 is 19.5 Å². The molecule has 0 saturated carbocycles. The SMILES string of the molecule is CCOC(O)C1CCN(C(=O)OC(C)(C)C)CCC1=O. The van der Waals surface area contributed by atoms with E-state index >= 15 is 0 Å². The summed E-state index contributed by atoms with van der Waals surface area (Å²) < 4.78 is 10.4. The first-order valence-corrected chi connectivity index (χ1v) is 7.05. The normalized spacial score (nSPS) is 22.4. The van der Waals surface area contributed by atoms with E-state index in [1.165, 1.54) is 4.90 Å². The van der Waals surface area contributed by atoms with Gasteiger partial charge in [0.2, 0.25) is 0 Å². The molecule has 0 aliphatic carbocycles. The summed E-state index contributed by atoms with van der Waals surface area (Å²) in [5.74, 6) is -0.639. The number of aliphatic hydroxyl groups is 1. The number of ketones is 1. The summed E-state index contributed by atoms with van der Waals surface area (Å²) in [6.45, 7) is 8.22. The number of nitrogens with zero attached hydrogens (tertiary/aromatic N) is 1. The van der Waals surface area contributed by atoms with Gasteiger partial charge in [-0.05, 0) is 34.1 Å². The first-order valence-electron chi connectivity index (χ1n) is 7.05. The van der Waals surface area contributed by atoms with Gasteiger partial charge in [-0.1, -0.05) is 0 Å². The summed E-state index contributed by atoms with van der Waals surface area (Å²) in [7, 11) is 0. The molecule has 1 aliphatic rings. The number of Topliss-reactive ketones (excluding diaryl/α,β-unsaturated/α-hetero) is 1. The van der Waals surface area contributed by atoms with Gasteiger partial charge in [-0.25, -0.2) is 4.79 Å². The van der Waals surface area contributed by atoms with Gasteiger partial charge in [0.05, 0.1) is 5.92 Å². The van der Waals surface area contributed by atoms with E-state index in [9.17, 15) is 14.7 Å². The van der Waals surface area contributed by atoms with E-state index in [-0.39, 0.29) is 12.2 Å². The fourth-order valence-electron chi connectivity index (χ4n) is 2.10. The smallest absolute Gasteiger partial charge is 0.410 e. The predicted molar refractivity (Wildman–Crippen MR) is 73.2 cm³/mol. The minimum Gasteiger partial charge on any atom is -0.444 e. The van der Waals surface area contributed by atoms with Crippen LogP contribution in [0.2, 0.25) is 0 Å². The van der Waals surface area contributed by atoms with Gasteiger partial charge in [-0.3, -0.25) is 4.79 Å². The summed E-state index contributed by atoms with van der Waals surface area (Å²) in [4.78, 5) is 25.5. The number of likely N-dealkylation sites (tertiary alicyclic amines) is 1. The molecule has 0 aromatic rings. The lowest BCUT2D eigenvalue weighted by Gasteiger charge is -2.26. The zero-order valence-electron chi connectivity index (χ0n) is 12.7. The molecule has 2 atom stereocenters. The Kier molecular flexibility index (Phi) is 5.95. The molecule has 0 aromatic carbocycles. The Morgan fingerprint density at radius 3 is 2.65 bits per heavy atom. The van der Waals surface area contributed by atoms with E-state index in [1.807, 2.05) is 0 Å². The average molecular weight is 287 g/mol. The molecule has 0 bridgehead atoms. The molecule has 2 unspecified atom stereocenters. The third kappa shape index (κ3) is 5.09. The van der Waals surface area contributed by atoms with Crippen molar-refractivity contribution in [2.24, 2.45) is 5.92 Å². The van der Waals surface area contributed by atoms with E-state index in [2.05, 4.69) is 0 Å². The van der Waals surface area contributed by atoms with Crippen LogP contribution < -0.4 is 0 Å². The van der Waals surface area contributed by atoms with Gasteiger partial charge in [0.15, 0.2) is 6.29 Å². The van der Waals surface area contributed by atoms with Crippen molar-refractivity contribution in [3.63, 3.8) is 0 Å². The Morgan fingerprint density at radius 1 is 1.45 bits per heavy atom. The van der Waals surface area contributed by atoms with Gasteiger partial charge in [0.1, 0.15) is 11.4 Å². The number of carbonyl (C=O) groups is 2. The topological polar surface area (TPSA) is 76.1 Å². The molecular weight excluding hydrogens is 262 g/mol. The molecule has 116 valence electrons. The van der Waals surface area contributed by atoms with Gasteiger partial charge in [-0.2, -0.15) is 0 Å². The molecule has 1 amide bonds. The number of carbonyl (C=O) groups excluding carboxylic acids is 2. The molecule has 0 radical (unpaired) electrons. The Hall–Kier alpha value is -1.14. The summed E-state index contributed by atoms with van der Waals surface area (Å²) in [6, 6.07) is 0. The molecule has 1 N–H and O–H groups in total. The number of hydrogen-bond acceptors (Lipinski definition) is 5. The quantitative estimate of drug-likeness (QED) is 0.797. The molecular formula is C14H25NO5. The second-order valence-electron chi connectivity index (χ2n) is 5.92. The van der Waals surface area contributed by atoms with Crippen molar-refractivity contribution in [3.05, 3.63) is 0 Å². The Morgan fingerprint density at radius 2 is 2.10 bits per heavy atom. The highest BCUT2D eigenvalue weighted by Gasteiger charge is 2.33. The highest BCUT2D eigenvalue weighted by Crippen LogP contribution is 2.20. The van der Waals surface area contributed by atoms with E-state index in [0.29, 0.717) is 26.1 Å². The first kappa shape index (κ1) is 16.9. The largest absolute Gasteiger partial charge is 0.444 e. The summed E-state index contributed by atoms with van der Waals surface area (Å²) >= 11 is 0. The van der Waals surface area contributed by atoms with Gasteiger partial charge in [0, 0.05) is 26.1 Å². The fourth-order valence-corrected chi connectivity index (χ4v) is 2.10. The molecule has 6 nitrogen and oxygen atoms in total. The molecule has 6 heteroatoms. The first-order chi connectivity index (χ1) is 9.24. The Bertz CT molecular complexity index is 350.